The summed E-state index contributed by atoms with van der Waals surface area (Å²) in [5.74, 6) is -1.03. The topological polar surface area (TPSA) is 301 Å². The van der Waals surface area contributed by atoms with Crippen LogP contribution in [0.15, 0.2) is 48.0 Å². The van der Waals surface area contributed by atoms with Crippen LogP contribution in [0.25, 0.3) is 11.2 Å². The summed E-state index contributed by atoms with van der Waals surface area (Å²) in [6.45, 7) is -0.617. The van der Waals surface area contributed by atoms with Crippen molar-refractivity contribution in [3.8, 4) is 0 Å². The number of nitrogens with two attached hydrogens (primary N) is 2. The van der Waals surface area contributed by atoms with Crippen LogP contribution in [0.1, 0.15) is 24.6 Å². The molecule has 4 rings (SSSR count). The number of nitro groups is 1. The first-order valence-corrected chi connectivity index (χ1v) is 13.5. The van der Waals surface area contributed by atoms with Crippen molar-refractivity contribution in [3.05, 3.63) is 58.7 Å². The van der Waals surface area contributed by atoms with Gasteiger partial charge in [0, 0.05) is 13.7 Å². The number of aliphatic imine (C=N–C) groups is 1. The third-order valence-corrected chi connectivity index (χ3v) is 6.49. The van der Waals surface area contributed by atoms with Gasteiger partial charge in [-0.2, -0.15) is 0 Å². The average Bonchev–Trinajstić information content (AvgIpc) is 3.60. The lowest BCUT2D eigenvalue weighted by molar-refractivity contribution is -0.525. The number of aromatic nitrogens is 4. The van der Waals surface area contributed by atoms with Gasteiger partial charge in [-0.3, -0.25) is 9.36 Å². The van der Waals surface area contributed by atoms with Crippen LogP contribution < -0.4 is 27.5 Å². The number of nitrogen functional groups attached to an aromatic ring is 1. The molecule has 5 unspecified atom stereocenters. The van der Waals surface area contributed by atoms with Gasteiger partial charge in [0.05, 0.1) is 19.0 Å². The largest absolute Gasteiger partial charge is 0.445 e. The number of aliphatic hydroxyl groups excluding tert-OH is 3. The van der Waals surface area contributed by atoms with Gasteiger partial charge >= 0.3 is 6.09 Å². The number of carbonyl (C=O) groups is 2. The number of hydrogen-bond acceptors (Lipinski definition) is 14. The van der Waals surface area contributed by atoms with Crippen molar-refractivity contribution in [2.75, 3.05) is 26.0 Å². The summed E-state index contributed by atoms with van der Waals surface area (Å²) < 4.78 is 12.5. The number of benzene rings is 1. The fraction of sp³-hybridized carbons (Fsp3) is 0.440. The third-order valence-electron chi connectivity index (χ3n) is 6.49. The number of hydrazine groups is 1. The average molecular weight is 634 g/mol. The molecule has 2 amide bonds. The molecule has 1 aliphatic heterocycles. The summed E-state index contributed by atoms with van der Waals surface area (Å²) >= 11 is 0. The molecule has 0 spiro atoms. The smallest absolute Gasteiger partial charge is 0.408 e. The Balaban J connectivity index is 0.00000271. The van der Waals surface area contributed by atoms with E-state index < -0.39 is 60.1 Å². The molecule has 1 aliphatic rings. The first kappa shape index (κ1) is 34.3. The molecule has 5 atom stereocenters. The molecule has 2 aromatic heterocycles. The molecule has 45 heavy (non-hydrogen) atoms. The minimum absolute atomic E-state index is 0.00755. The van der Waals surface area contributed by atoms with Crippen molar-refractivity contribution in [1.29, 1.82) is 0 Å². The van der Waals surface area contributed by atoms with Crippen molar-refractivity contribution in [1.82, 2.24) is 35.6 Å². The molecule has 1 saturated heterocycles. The Hall–Kier alpha value is -5.18. The lowest BCUT2D eigenvalue weighted by atomic mass is 10.1. The van der Waals surface area contributed by atoms with Gasteiger partial charge in [-0.15, -0.1) is 0 Å². The lowest BCUT2D eigenvalue weighted by Crippen LogP contribution is -2.55. The van der Waals surface area contributed by atoms with Crippen molar-refractivity contribution < 1.29 is 39.4 Å². The normalized spacial score (nSPS) is 20.0. The number of aliphatic hydroxyl groups is 3. The van der Waals surface area contributed by atoms with E-state index in [0.29, 0.717) is 0 Å². The highest BCUT2D eigenvalue weighted by Crippen LogP contribution is 2.32. The lowest BCUT2D eigenvalue weighted by Gasteiger charge is -2.24. The number of alkyl carbamates (subject to hydrolysis) is 1. The molecule has 20 heteroatoms. The fourth-order valence-electron chi connectivity index (χ4n) is 4.43. The fourth-order valence-corrected chi connectivity index (χ4v) is 4.43. The second-order valence-corrected chi connectivity index (χ2v) is 9.39. The van der Waals surface area contributed by atoms with Gasteiger partial charge in [-0.25, -0.2) is 34.9 Å². The van der Waals surface area contributed by atoms with Crippen LogP contribution in [0.3, 0.4) is 0 Å². The van der Waals surface area contributed by atoms with E-state index in [1.54, 1.807) is 29.7 Å². The number of nitrogens with one attached hydrogen (secondary N) is 3. The molecule has 244 valence electrons. The molecule has 10 N–H and O–H groups in total. The second kappa shape index (κ2) is 16.6. The molecular formula is C25H35N11O9. The SMILES string of the molecule is CO.NC(=NCCCC(NC(=O)OCc1ccccc1)C(=O)NC1C(CO)OC(n2cnc3c(N)ncnc32)C1O)N[N+](=O)[O-]. The summed E-state index contributed by atoms with van der Waals surface area (Å²) in [5, 5.41) is 42.9. The minimum Gasteiger partial charge on any atom is -0.445 e. The highest BCUT2D eigenvalue weighted by Gasteiger charge is 2.46. The highest BCUT2D eigenvalue weighted by molar-refractivity contribution is 5.86. The first-order chi connectivity index (χ1) is 21.7. The van der Waals surface area contributed by atoms with Gasteiger partial charge in [0.1, 0.15) is 36.7 Å². The van der Waals surface area contributed by atoms with Crippen molar-refractivity contribution in [2.24, 2.45) is 10.7 Å². The summed E-state index contributed by atoms with van der Waals surface area (Å²) in [5.41, 5.74) is 14.2. The van der Waals surface area contributed by atoms with Crippen LogP contribution in [-0.2, 0) is 20.9 Å². The highest BCUT2D eigenvalue weighted by atomic mass is 16.7. The van der Waals surface area contributed by atoms with Gasteiger partial charge in [-0.05, 0) is 18.4 Å². The number of carbonyl (C=O) groups excluding carboxylic acids is 2. The predicted molar refractivity (Wildman–Crippen MR) is 156 cm³/mol. The minimum atomic E-state index is -1.38. The predicted octanol–water partition coefficient (Wildman–Crippen LogP) is -2.08. The van der Waals surface area contributed by atoms with E-state index in [4.69, 9.17) is 26.0 Å². The quantitative estimate of drug-likeness (QED) is 0.0349. The standard InChI is InChI=1S/C24H31N11O8.CH4O/c25-19-17-20(29-11-28-19)34(12-30-17)22-18(37)16(15(9-36)43-22)32-21(38)14(7-4-8-27-23(26)33-35(40)41)31-24(39)42-10-13-5-2-1-3-6-13;1-2/h1-3,5-6,11-12,14-16,18,22,36-37H,4,7-10H2,(H,31,39)(H,32,38)(H2,25,28,29)(H3,26,27,33);2H,1H3. The van der Waals surface area contributed by atoms with E-state index in [1.807, 2.05) is 6.07 Å². The Morgan fingerprint density at radius 2 is 1.98 bits per heavy atom. The zero-order chi connectivity index (χ0) is 32.9. The van der Waals surface area contributed by atoms with Crippen molar-refractivity contribution >= 4 is 34.9 Å². The Morgan fingerprint density at radius 1 is 1.24 bits per heavy atom. The van der Waals surface area contributed by atoms with Gasteiger partial charge < -0.3 is 46.9 Å². The number of nitrogens with zero attached hydrogens (tertiary/aromatic N) is 6. The number of guanidine groups is 1. The zero-order valence-corrected chi connectivity index (χ0v) is 24.1. The Bertz CT molecular complexity index is 1460. The number of rotatable bonds is 12. The molecule has 1 fully saturated rings. The molecule has 0 aliphatic carbocycles. The number of anilines is 1. The maximum absolute atomic E-state index is 13.4. The van der Waals surface area contributed by atoms with E-state index in [0.717, 1.165) is 12.7 Å². The van der Waals surface area contributed by atoms with E-state index in [1.165, 1.54) is 17.2 Å². The van der Waals surface area contributed by atoms with Crippen LogP contribution in [0.2, 0.25) is 0 Å². The number of ether oxygens (including phenoxy) is 2. The van der Waals surface area contributed by atoms with E-state index in [-0.39, 0.29) is 43.0 Å². The summed E-state index contributed by atoms with van der Waals surface area (Å²) in [6.07, 6.45) is -1.65. The van der Waals surface area contributed by atoms with Crippen LogP contribution in [-0.4, -0.2) is 102 Å². The maximum Gasteiger partial charge on any atom is 0.408 e. The number of imidazole rings is 1. The summed E-state index contributed by atoms with van der Waals surface area (Å²) in [6, 6.07) is 6.59. The molecule has 1 aromatic carbocycles. The molecule has 20 nitrogen and oxygen atoms in total. The number of amides is 2. The third kappa shape index (κ3) is 9.15. The number of fused-ring (bicyclic) bond motifs is 1. The van der Waals surface area contributed by atoms with E-state index >= 15 is 0 Å². The monoisotopic (exact) mass is 633 g/mol. The Morgan fingerprint density at radius 3 is 2.67 bits per heavy atom. The molecule has 0 radical (unpaired) electrons. The molecule has 0 saturated carbocycles. The van der Waals surface area contributed by atoms with Gasteiger partial charge in [0.25, 0.3) is 5.96 Å². The van der Waals surface area contributed by atoms with Crippen molar-refractivity contribution in [3.63, 3.8) is 0 Å². The summed E-state index contributed by atoms with van der Waals surface area (Å²) in [7, 11) is 1.00. The summed E-state index contributed by atoms with van der Waals surface area (Å²) in [4.78, 5) is 52.4. The Kier molecular flexibility index (Phi) is 12.7. The van der Waals surface area contributed by atoms with Crippen molar-refractivity contribution in [2.45, 2.75) is 50.0 Å². The van der Waals surface area contributed by atoms with Crippen LogP contribution in [0, 0.1) is 10.1 Å². The molecular weight excluding hydrogens is 598 g/mol. The van der Waals surface area contributed by atoms with Gasteiger partial charge in [-0.1, -0.05) is 35.8 Å². The number of hydrogen-bond donors (Lipinski definition) is 8. The van der Waals surface area contributed by atoms with Gasteiger partial charge in [0.15, 0.2) is 22.7 Å². The van der Waals surface area contributed by atoms with Crippen LogP contribution in [0.4, 0.5) is 10.6 Å². The van der Waals surface area contributed by atoms with Gasteiger partial charge in [0.2, 0.25) is 5.91 Å². The first-order valence-electron chi connectivity index (χ1n) is 13.5. The molecule has 3 heterocycles. The zero-order valence-electron chi connectivity index (χ0n) is 24.1. The van der Waals surface area contributed by atoms with Crippen LogP contribution >= 0.6 is 0 Å². The second-order valence-electron chi connectivity index (χ2n) is 9.39. The molecule has 0 bridgehead atoms. The van der Waals surface area contributed by atoms with Crippen LogP contribution in [0.5, 0.6) is 0 Å². The van der Waals surface area contributed by atoms with E-state index in [9.17, 15) is 29.9 Å². The maximum atomic E-state index is 13.4. The molecule has 3 aromatic rings. The Labute approximate surface area is 255 Å². The van der Waals surface area contributed by atoms with E-state index in [2.05, 4.69) is 30.6 Å².